The van der Waals surface area contributed by atoms with E-state index in [-0.39, 0.29) is 0 Å². The Morgan fingerprint density at radius 3 is 1.39 bits per heavy atom. The van der Waals surface area contributed by atoms with Gasteiger partial charge in [0.2, 0.25) is 0 Å². The maximum atomic E-state index is 4.02. The van der Waals surface area contributed by atoms with E-state index in [1.165, 1.54) is 5.56 Å². The van der Waals surface area contributed by atoms with E-state index in [9.17, 15) is 0 Å². The fraction of sp³-hybridized carbons (Fsp3) is 0.250. The van der Waals surface area contributed by atoms with Gasteiger partial charge in [0.15, 0.2) is 0 Å². The monoisotopic (exact) mass is 714 g/mol. The van der Waals surface area contributed by atoms with E-state index in [0.29, 0.717) is 0 Å². The Balaban J connectivity index is 3.77. The SMILES string of the molecule is C=CC(Br)(Br)[PH](Cc1ccccc1)(C(Br)(Br)C=C)C(Br)(Br)C=C. The van der Waals surface area contributed by atoms with Crippen molar-refractivity contribution >= 4 is 103 Å². The van der Waals surface area contributed by atoms with Crippen molar-refractivity contribution < 1.29 is 0 Å². The summed E-state index contributed by atoms with van der Waals surface area (Å²) >= 11 is 23.2. The number of allylic oxidation sites excluding steroid dienone is 3. The fourth-order valence-corrected chi connectivity index (χ4v) is 29.7. The van der Waals surface area contributed by atoms with Crippen molar-refractivity contribution in [1.82, 2.24) is 0 Å². The fourth-order valence-electron chi connectivity index (χ4n) is 2.44. The van der Waals surface area contributed by atoms with Crippen LogP contribution in [0.25, 0.3) is 0 Å². The number of rotatable bonds is 8. The molecule has 128 valence electrons. The quantitative estimate of drug-likeness (QED) is 0.143. The van der Waals surface area contributed by atoms with Gasteiger partial charge in [0.1, 0.15) is 0 Å². The van der Waals surface area contributed by atoms with Gasteiger partial charge < -0.3 is 0 Å². The van der Waals surface area contributed by atoms with Crippen LogP contribution in [-0.2, 0) is 6.16 Å². The van der Waals surface area contributed by atoms with E-state index in [0.717, 1.165) is 6.16 Å². The summed E-state index contributed by atoms with van der Waals surface area (Å²) in [6.45, 7) is 12.1. The molecule has 0 aliphatic carbocycles. The first kappa shape index (κ1) is 22.8. The molecule has 23 heavy (non-hydrogen) atoms. The van der Waals surface area contributed by atoms with Crippen LogP contribution in [0.3, 0.4) is 0 Å². The van der Waals surface area contributed by atoms with Crippen molar-refractivity contribution in [2.75, 3.05) is 0 Å². The minimum atomic E-state index is -2.57. The van der Waals surface area contributed by atoms with Crippen LogP contribution < -0.4 is 0 Å². The van der Waals surface area contributed by atoms with Gasteiger partial charge in [-0.3, -0.25) is 0 Å². The topological polar surface area (TPSA) is 0 Å². The maximum absolute atomic E-state index is 4.02. The minimum absolute atomic E-state index is 0.523. The first-order valence-corrected chi connectivity index (χ1v) is 13.6. The van der Waals surface area contributed by atoms with Crippen LogP contribution in [0.15, 0.2) is 68.3 Å². The molecular weight excluding hydrogens is 703 g/mol. The normalized spacial score (nSPS) is 14.2. The molecule has 0 aliphatic heterocycles. The third kappa shape index (κ3) is 4.36. The van der Waals surface area contributed by atoms with Crippen LogP contribution >= 0.6 is 103 Å². The molecule has 0 aromatic heterocycles. The Morgan fingerprint density at radius 2 is 1.09 bits per heavy atom. The van der Waals surface area contributed by atoms with Crippen molar-refractivity contribution in [2.24, 2.45) is 0 Å². The van der Waals surface area contributed by atoms with E-state index in [1.807, 2.05) is 36.4 Å². The standard InChI is InChI=1S/C16H17Br6P/c1-4-14(17,18)23(15(19,20)5-2,16(21,22)6-3)12-13-10-8-7-9-11-13/h4-11,23H,1-3,12H2. The van der Waals surface area contributed by atoms with Gasteiger partial charge in [0.25, 0.3) is 0 Å². The van der Waals surface area contributed by atoms with E-state index in [1.54, 1.807) is 0 Å². The molecule has 7 heteroatoms. The summed E-state index contributed by atoms with van der Waals surface area (Å²) in [7, 11) is -2.57. The van der Waals surface area contributed by atoms with Gasteiger partial charge in [-0.05, 0) is 0 Å². The summed E-state index contributed by atoms with van der Waals surface area (Å²) in [5.74, 6) is 0. The van der Waals surface area contributed by atoms with Crippen molar-refractivity contribution in [1.29, 1.82) is 0 Å². The van der Waals surface area contributed by atoms with Gasteiger partial charge in [-0.2, -0.15) is 0 Å². The van der Waals surface area contributed by atoms with Gasteiger partial charge in [-0.25, -0.2) is 0 Å². The molecule has 0 bridgehead atoms. The Morgan fingerprint density at radius 1 is 0.739 bits per heavy atom. The van der Waals surface area contributed by atoms with Crippen LogP contribution in [0.1, 0.15) is 5.56 Å². The molecule has 1 aromatic carbocycles. The summed E-state index contributed by atoms with van der Waals surface area (Å²) in [5, 5.41) is 0. The van der Waals surface area contributed by atoms with Gasteiger partial charge in [-0.1, -0.05) is 0 Å². The Hall–Kier alpha value is 1.75. The zero-order valence-corrected chi connectivity index (χ0v) is 22.7. The molecule has 0 aliphatic rings. The Bertz CT molecular complexity index is 529. The molecular formula is C16H17Br6P. The summed E-state index contributed by atoms with van der Waals surface area (Å²) in [6, 6.07) is 10.4. The summed E-state index contributed by atoms with van der Waals surface area (Å²) < 4.78 is -1.57. The summed E-state index contributed by atoms with van der Waals surface area (Å²) in [5.41, 5.74) is 1.22. The molecule has 0 fully saturated rings. The van der Waals surface area contributed by atoms with Crippen LogP contribution in [0.4, 0.5) is 0 Å². The summed E-state index contributed by atoms with van der Waals surface area (Å²) in [6.07, 6.45) is 6.44. The van der Waals surface area contributed by atoms with Crippen LogP contribution in [0, 0.1) is 0 Å². The predicted molar refractivity (Wildman–Crippen MR) is 131 cm³/mol. The van der Waals surface area contributed by atoms with Crippen LogP contribution in [0.2, 0.25) is 0 Å². The van der Waals surface area contributed by atoms with Crippen LogP contribution in [-0.4, -0.2) is 8.92 Å². The Kier molecular flexibility index (Phi) is 8.55. The summed E-state index contributed by atoms with van der Waals surface area (Å²) in [4.78, 5) is 0. The molecule has 0 nitrogen and oxygen atoms in total. The van der Waals surface area contributed by atoms with E-state index in [2.05, 4.69) is 127 Å². The average Bonchev–Trinajstić information content (AvgIpc) is 2.52. The van der Waals surface area contributed by atoms with E-state index in [4.69, 9.17) is 0 Å². The molecule has 0 saturated carbocycles. The number of benzene rings is 1. The molecule has 0 spiro atoms. The van der Waals surface area contributed by atoms with E-state index >= 15 is 0 Å². The second kappa shape index (κ2) is 8.63. The number of halogens is 6. The predicted octanol–water partition coefficient (Wildman–Crippen LogP) is 8.83. The zero-order valence-electron chi connectivity index (χ0n) is 12.2. The molecule has 1 aromatic rings. The molecule has 0 atom stereocenters. The number of hydrogen-bond donors (Lipinski definition) is 0. The van der Waals surface area contributed by atoms with Gasteiger partial charge in [-0.15, -0.1) is 0 Å². The van der Waals surface area contributed by atoms with Crippen molar-refractivity contribution in [3.63, 3.8) is 0 Å². The van der Waals surface area contributed by atoms with Gasteiger partial charge in [0, 0.05) is 0 Å². The van der Waals surface area contributed by atoms with E-state index < -0.39 is 16.2 Å². The first-order valence-electron chi connectivity index (χ1n) is 6.59. The molecule has 0 N–H and O–H groups in total. The van der Waals surface area contributed by atoms with Crippen molar-refractivity contribution in [3.8, 4) is 0 Å². The van der Waals surface area contributed by atoms with Crippen molar-refractivity contribution in [3.05, 3.63) is 73.9 Å². The number of hydrogen-bond acceptors (Lipinski definition) is 0. The molecule has 0 radical (unpaired) electrons. The average molecular weight is 720 g/mol. The third-order valence-electron chi connectivity index (χ3n) is 3.79. The van der Waals surface area contributed by atoms with Gasteiger partial charge in [0.05, 0.1) is 0 Å². The third-order valence-corrected chi connectivity index (χ3v) is 22.9. The molecule has 0 heterocycles. The zero-order chi connectivity index (χ0) is 17.9. The van der Waals surface area contributed by atoms with Crippen molar-refractivity contribution in [2.45, 2.75) is 15.1 Å². The Labute approximate surface area is 189 Å². The second-order valence-corrected chi connectivity index (χ2v) is 24.7. The second-order valence-electron chi connectivity index (χ2n) is 5.05. The molecule has 1 rings (SSSR count). The molecule has 0 amide bonds. The van der Waals surface area contributed by atoms with Gasteiger partial charge >= 0.3 is 192 Å². The van der Waals surface area contributed by atoms with Crippen LogP contribution in [0.5, 0.6) is 0 Å². The molecule has 0 unspecified atom stereocenters. The molecule has 0 saturated heterocycles. The number of alkyl halides is 6. The first-order chi connectivity index (χ1) is 10.5.